The van der Waals surface area contributed by atoms with Crippen molar-refractivity contribution < 1.29 is 14.7 Å². The lowest BCUT2D eigenvalue weighted by molar-refractivity contribution is -0.129. The molecule has 1 saturated heterocycles. The summed E-state index contributed by atoms with van der Waals surface area (Å²) in [5.74, 6) is 0.313. The number of rotatable bonds is 1. The van der Waals surface area contributed by atoms with Crippen molar-refractivity contribution in [1.82, 2.24) is 4.90 Å². The fourth-order valence-electron chi connectivity index (χ4n) is 1.19. The van der Waals surface area contributed by atoms with Gasteiger partial charge < -0.3 is 10.0 Å². The molecule has 1 aliphatic heterocycles. The molecule has 0 spiro atoms. The van der Waals surface area contributed by atoms with Crippen LogP contribution < -0.4 is 0 Å². The van der Waals surface area contributed by atoms with Crippen molar-refractivity contribution in [3.8, 4) is 0 Å². The average molecular weight is 203 g/mol. The van der Waals surface area contributed by atoms with Crippen LogP contribution in [0.4, 0.5) is 0 Å². The molecule has 1 N–H and O–H groups in total. The van der Waals surface area contributed by atoms with Crippen molar-refractivity contribution in [2.45, 2.75) is 40.0 Å². The average Bonchev–Trinajstić information content (AvgIpc) is 2.74. The standard InChI is InChI=1S/C7H13NO.C2H6.CH2O2/c1-2-7(9)8-5-3-4-6-8;1-2;2-1-3/h2-6H2,1H3;1-2H3;1H,(H,2,3). The zero-order valence-corrected chi connectivity index (χ0v) is 9.32. The Hall–Kier alpha value is -1.06. The Balaban J connectivity index is 0. The minimum absolute atomic E-state index is 0.250. The number of hydrogen-bond acceptors (Lipinski definition) is 2. The highest BCUT2D eigenvalue weighted by atomic mass is 16.3. The lowest BCUT2D eigenvalue weighted by atomic mass is 10.4. The molecule has 84 valence electrons. The third-order valence-corrected chi connectivity index (χ3v) is 1.76. The van der Waals surface area contributed by atoms with E-state index in [1.54, 1.807) is 0 Å². The summed E-state index contributed by atoms with van der Waals surface area (Å²) in [5.41, 5.74) is 0. The van der Waals surface area contributed by atoms with Gasteiger partial charge in [-0.1, -0.05) is 20.8 Å². The van der Waals surface area contributed by atoms with Gasteiger partial charge in [0.15, 0.2) is 0 Å². The quantitative estimate of drug-likeness (QED) is 0.660. The number of hydrogen-bond donors (Lipinski definition) is 1. The molecule has 0 aromatic carbocycles. The van der Waals surface area contributed by atoms with Crippen LogP contribution in [0.2, 0.25) is 0 Å². The Morgan fingerprint density at radius 3 is 2.00 bits per heavy atom. The minimum Gasteiger partial charge on any atom is -0.483 e. The van der Waals surface area contributed by atoms with E-state index in [1.165, 1.54) is 12.8 Å². The third kappa shape index (κ3) is 7.58. The molecule has 4 heteroatoms. The van der Waals surface area contributed by atoms with Gasteiger partial charge in [0.2, 0.25) is 5.91 Å². The van der Waals surface area contributed by atoms with Crippen molar-refractivity contribution in [2.75, 3.05) is 13.1 Å². The molecule has 1 fully saturated rings. The largest absolute Gasteiger partial charge is 0.483 e. The maximum absolute atomic E-state index is 10.9. The molecule has 1 amide bonds. The number of carboxylic acid groups (broad SMARTS) is 1. The molecular weight excluding hydrogens is 182 g/mol. The first-order chi connectivity index (χ1) is 6.76. The first-order valence-corrected chi connectivity index (χ1v) is 5.11. The number of likely N-dealkylation sites (tertiary alicyclic amines) is 1. The van der Waals surface area contributed by atoms with Crippen molar-refractivity contribution in [3.63, 3.8) is 0 Å². The molecule has 1 aliphatic rings. The fourth-order valence-corrected chi connectivity index (χ4v) is 1.19. The van der Waals surface area contributed by atoms with Gasteiger partial charge in [-0.25, -0.2) is 0 Å². The summed E-state index contributed by atoms with van der Waals surface area (Å²) in [7, 11) is 0. The van der Waals surface area contributed by atoms with Gasteiger partial charge in [-0.3, -0.25) is 9.59 Å². The third-order valence-electron chi connectivity index (χ3n) is 1.76. The van der Waals surface area contributed by atoms with Gasteiger partial charge in [-0.05, 0) is 12.8 Å². The highest BCUT2D eigenvalue weighted by Gasteiger charge is 2.14. The summed E-state index contributed by atoms with van der Waals surface area (Å²) in [5, 5.41) is 6.89. The van der Waals surface area contributed by atoms with Crippen LogP contribution in [0.1, 0.15) is 40.0 Å². The number of carbonyl (C=O) groups is 2. The molecule has 0 atom stereocenters. The maximum atomic E-state index is 10.9. The predicted molar refractivity (Wildman–Crippen MR) is 56.1 cm³/mol. The van der Waals surface area contributed by atoms with Crippen LogP contribution in [0, 0.1) is 0 Å². The highest BCUT2D eigenvalue weighted by Crippen LogP contribution is 2.07. The SMILES string of the molecule is CC.CCC(=O)N1CCCC1.O=CO. The second-order valence-electron chi connectivity index (χ2n) is 2.55. The van der Waals surface area contributed by atoms with Crippen LogP contribution in [-0.2, 0) is 9.59 Å². The van der Waals surface area contributed by atoms with Gasteiger partial charge in [0.25, 0.3) is 6.47 Å². The molecule has 0 aliphatic carbocycles. The second kappa shape index (κ2) is 11.9. The fraction of sp³-hybridized carbons (Fsp3) is 0.800. The number of carbonyl (C=O) groups excluding carboxylic acids is 1. The lowest BCUT2D eigenvalue weighted by Gasteiger charge is -2.12. The zero-order chi connectivity index (χ0) is 11.4. The van der Waals surface area contributed by atoms with Gasteiger partial charge in [-0.2, -0.15) is 0 Å². The number of nitrogens with zero attached hydrogens (tertiary/aromatic N) is 1. The first kappa shape index (κ1) is 15.4. The summed E-state index contributed by atoms with van der Waals surface area (Å²) < 4.78 is 0. The van der Waals surface area contributed by atoms with E-state index in [4.69, 9.17) is 9.90 Å². The van der Waals surface area contributed by atoms with Crippen molar-refractivity contribution in [1.29, 1.82) is 0 Å². The van der Waals surface area contributed by atoms with Crippen molar-refractivity contribution in [2.24, 2.45) is 0 Å². The molecule has 0 unspecified atom stereocenters. The predicted octanol–water partition coefficient (Wildman–Crippen LogP) is 1.75. The Labute approximate surface area is 85.9 Å². The lowest BCUT2D eigenvalue weighted by Crippen LogP contribution is -2.26. The van der Waals surface area contributed by atoms with Gasteiger partial charge in [0, 0.05) is 19.5 Å². The topological polar surface area (TPSA) is 57.6 Å². The van der Waals surface area contributed by atoms with E-state index in [2.05, 4.69) is 0 Å². The molecule has 0 aromatic rings. The Kier molecular flexibility index (Phi) is 13.1. The summed E-state index contributed by atoms with van der Waals surface area (Å²) in [6.07, 6.45) is 3.07. The van der Waals surface area contributed by atoms with E-state index in [0.29, 0.717) is 12.3 Å². The van der Waals surface area contributed by atoms with E-state index < -0.39 is 0 Å². The first-order valence-electron chi connectivity index (χ1n) is 5.11. The van der Waals surface area contributed by atoms with Crippen molar-refractivity contribution >= 4 is 12.4 Å². The highest BCUT2D eigenvalue weighted by molar-refractivity contribution is 5.75. The molecular formula is C10H21NO3. The summed E-state index contributed by atoms with van der Waals surface area (Å²) >= 11 is 0. The number of amides is 1. The van der Waals surface area contributed by atoms with Gasteiger partial charge in [0.05, 0.1) is 0 Å². The summed E-state index contributed by atoms with van der Waals surface area (Å²) in [6.45, 7) is 7.65. The molecule has 0 radical (unpaired) electrons. The molecule has 1 rings (SSSR count). The maximum Gasteiger partial charge on any atom is 0.290 e. The van der Waals surface area contributed by atoms with Crippen LogP contribution in [0.3, 0.4) is 0 Å². The van der Waals surface area contributed by atoms with E-state index in [9.17, 15) is 4.79 Å². The Bertz CT molecular complexity index is 142. The van der Waals surface area contributed by atoms with Crippen molar-refractivity contribution in [3.05, 3.63) is 0 Å². The van der Waals surface area contributed by atoms with E-state index in [1.807, 2.05) is 25.7 Å². The van der Waals surface area contributed by atoms with E-state index in [0.717, 1.165) is 13.1 Å². The molecule has 0 saturated carbocycles. The second-order valence-corrected chi connectivity index (χ2v) is 2.55. The van der Waals surface area contributed by atoms with Crippen LogP contribution in [-0.4, -0.2) is 35.5 Å². The molecule has 14 heavy (non-hydrogen) atoms. The Morgan fingerprint density at radius 1 is 1.36 bits per heavy atom. The normalized spacial score (nSPS) is 13.2. The van der Waals surface area contributed by atoms with E-state index >= 15 is 0 Å². The smallest absolute Gasteiger partial charge is 0.290 e. The van der Waals surface area contributed by atoms with Crippen LogP contribution in [0.25, 0.3) is 0 Å². The zero-order valence-electron chi connectivity index (χ0n) is 9.32. The summed E-state index contributed by atoms with van der Waals surface area (Å²) in [4.78, 5) is 21.2. The van der Waals surface area contributed by atoms with Gasteiger partial charge in [0.1, 0.15) is 0 Å². The minimum atomic E-state index is -0.250. The van der Waals surface area contributed by atoms with E-state index in [-0.39, 0.29) is 6.47 Å². The molecule has 0 bridgehead atoms. The van der Waals surface area contributed by atoms with Gasteiger partial charge >= 0.3 is 0 Å². The molecule has 0 aromatic heterocycles. The molecule has 1 heterocycles. The Morgan fingerprint density at radius 2 is 1.71 bits per heavy atom. The molecule has 4 nitrogen and oxygen atoms in total. The van der Waals surface area contributed by atoms with Crippen LogP contribution >= 0.6 is 0 Å². The monoisotopic (exact) mass is 203 g/mol. The van der Waals surface area contributed by atoms with Crippen LogP contribution in [0.5, 0.6) is 0 Å². The van der Waals surface area contributed by atoms with Crippen LogP contribution in [0.15, 0.2) is 0 Å². The summed E-state index contributed by atoms with van der Waals surface area (Å²) in [6, 6.07) is 0. The van der Waals surface area contributed by atoms with Gasteiger partial charge in [-0.15, -0.1) is 0 Å².